The van der Waals surface area contributed by atoms with E-state index in [0.717, 1.165) is 29.7 Å². The van der Waals surface area contributed by atoms with Gasteiger partial charge in [-0.15, -0.1) is 0 Å². The van der Waals surface area contributed by atoms with E-state index in [2.05, 4.69) is 39.9 Å². The summed E-state index contributed by atoms with van der Waals surface area (Å²) in [6.07, 6.45) is 5.23. The molecule has 38 heavy (non-hydrogen) atoms. The summed E-state index contributed by atoms with van der Waals surface area (Å²) >= 11 is 0. The summed E-state index contributed by atoms with van der Waals surface area (Å²) in [5, 5.41) is 6.86. The average molecular weight is 501 g/mol. The number of hydrogen-bond acceptors (Lipinski definition) is 4. The van der Waals surface area contributed by atoms with Gasteiger partial charge in [-0.2, -0.15) is 0 Å². The fraction of sp³-hybridized carbons (Fsp3) is 0.156. The fourth-order valence-corrected chi connectivity index (χ4v) is 5.23. The van der Waals surface area contributed by atoms with Gasteiger partial charge in [0.05, 0.1) is 17.3 Å². The van der Waals surface area contributed by atoms with E-state index >= 15 is 0 Å². The largest absolute Gasteiger partial charge is 0.380 e. The number of amides is 1. The van der Waals surface area contributed by atoms with Crippen molar-refractivity contribution in [2.75, 3.05) is 10.6 Å². The van der Waals surface area contributed by atoms with Crippen molar-refractivity contribution in [3.8, 4) is 11.1 Å². The summed E-state index contributed by atoms with van der Waals surface area (Å²) in [7, 11) is 0. The number of anilines is 2. The summed E-state index contributed by atoms with van der Waals surface area (Å²) in [6, 6.07) is 28.2. The number of carbonyl (C=O) groups excluding carboxylic acids is 1. The number of aryl methyl sites for hydroxylation is 1. The summed E-state index contributed by atoms with van der Waals surface area (Å²) < 4.78 is 1.85. The Balaban J connectivity index is 1.26. The Morgan fingerprint density at radius 1 is 0.895 bits per heavy atom. The van der Waals surface area contributed by atoms with Crippen LogP contribution in [0.15, 0.2) is 102 Å². The van der Waals surface area contributed by atoms with Crippen molar-refractivity contribution in [3.63, 3.8) is 0 Å². The van der Waals surface area contributed by atoms with Crippen molar-refractivity contribution in [3.05, 3.63) is 124 Å². The van der Waals surface area contributed by atoms with Crippen LogP contribution < -0.4 is 16.1 Å². The number of fused-ring (bicyclic) bond motifs is 2. The fourth-order valence-electron chi connectivity index (χ4n) is 5.23. The Hall–Kier alpha value is -4.71. The summed E-state index contributed by atoms with van der Waals surface area (Å²) in [4.78, 5) is 31.3. The Bertz CT molecular complexity index is 1670. The van der Waals surface area contributed by atoms with E-state index in [1.807, 2.05) is 72.2 Å². The van der Waals surface area contributed by atoms with Gasteiger partial charge in [-0.05, 0) is 60.2 Å². The molecule has 0 atom stereocenters. The third-order valence-electron chi connectivity index (χ3n) is 7.17. The second kappa shape index (κ2) is 9.98. The first kappa shape index (κ1) is 23.7. The molecular weight excluding hydrogens is 472 g/mol. The second-order valence-corrected chi connectivity index (χ2v) is 9.67. The first-order valence-corrected chi connectivity index (χ1v) is 12.9. The van der Waals surface area contributed by atoms with Crippen molar-refractivity contribution < 1.29 is 4.79 Å². The molecule has 0 spiro atoms. The maximum atomic E-state index is 13.5. The molecule has 6 nitrogen and oxygen atoms in total. The van der Waals surface area contributed by atoms with Crippen LogP contribution in [0.25, 0.3) is 22.2 Å². The molecule has 188 valence electrons. The maximum Gasteiger partial charge on any atom is 0.261 e. The SMILES string of the molecule is CCn1cc(C(=O)Nc2ccc(-c3ccccc3)cc2)c(=O)c2cc(NC3Cc4ccccc4C3)cnc21. The summed E-state index contributed by atoms with van der Waals surface area (Å²) in [6.45, 7) is 2.55. The van der Waals surface area contributed by atoms with Crippen LogP contribution in [0.3, 0.4) is 0 Å². The number of pyridine rings is 2. The zero-order valence-corrected chi connectivity index (χ0v) is 21.1. The number of hydrogen-bond donors (Lipinski definition) is 2. The molecule has 6 rings (SSSR count). The van der Waals surface area contributed by atoms with E-state index in [1.54, 1.807) is 12.4 Å². The number of aromatic nitrogens is 2. The Morgan fingerprint density at radius 2 is 1.55 bits per heavy atom. The van der Waals surface area contributed by atoms with E-state index in [4.69, 9.17) is 0 Å². The van der Waals surface area contributed by atoms with E-state index in [-0.39, 0.29) is 17.0 Å². The molecule has 0 unspecified atom stereocenters. The number of carbonyl (C=O) groups is 1. The van der Waals surface area contributed by atoms with Gasteiger partial charge in [0.15, 0.2) is 0 Å². The van der Waals surface area contributed by atoms with Crippen LogP contribution >= 0.6 is 0 Å². The predicted molar refractivity (Wildman–Crippen MR) is 153 cm³/mol. The number of benzene rings is 3. The lowest BCUT2D eigenvalue weighted by Crippen LogP contribution is -2.25. The standard InChI is InChI=1S/C32H28N4O2/c1-2-36-20-29(32(38)35-25-14-12-22(13-15-25)21-8-4-3-5-9-21)30(37)28-18-27(19-33-31(28)36)34-26-16-23-10-6-7-11-24(23)17-26/h3-15,18-20,26,34H,2,16-17H2,1H3,(H,35,38). The molecule has 1 aliphatic rings. The van der Waals surface area contributed by atoms with Crippen molar-refractivity contribution in [1.29, 1.82) is 0 Å². The maximum absolute atomic E-state index is 13.5. The van der Waals surface area contributed by atoms with Gasteiger partial charge in [-0.1, -0.05) is 66.7 Å². The topological polar surface area (TPSA) is 76.0 Å². The van der Waals surface area contributed by atoms with Crippen molar-refractivity contribution in [2.45, 2.75) is 32.4 Å². The molecule has 6 heteroatoms. The third-order valence-corrected chi connectivity index (χ3v) is 7.17. The minimum Gasteiger partial charge on any atom is -0.380 e. The summed E-state index contributed by atoms with van der Waals surface area (Å²) in [5.74, 6) is -0.434. The van der Waals surface area contributed by atoms with Gasteiger partial charge in [-0.25, -0.2) is 4.98 Å². The molecule has 0 aliphatic heterocycles. The van der Waals surface area contributed by atoms with Crippen molar-refractivity contribution in [1.82, 2.24) is 9.55 Å². The molecular formula is C32H28N4O2. The van der Waals surface area contributed by atoms with Crippen LogP contribution in [0.4, 0.5) is 11.4 Å². The quantitative estimate of drug-likeness (QED) is 0.304. The van der Waals surface area contributed by atoms with Crippen LogP contribution in [0.5, 0.6) is 0 Å². The Morgan fingerprint density at radius 3 is 2.24 bits per heavy atom. The molecule has 0 saturated heterocycles. The lowest BCUT2D eigenvalue weighted by Gasteiger charge is -2.16. The lowest BCUT2D eigenvalue weighted by atomic mass is 10.1. The van der Waals surface area contributed by atoms with E-state index in [0.29, 0.717) is 23.3 Å². The minimum absolute atomic E-state index is 0.0960. The Kier molecular flexibility index (Phi) is 6.22. The normalized spacial score (nSPS) is 12.9. The smallest absolute Gasteiger partial charge is 0.261 e. The zero-order valence-electron chi connectivity index (χ0n) is 21.1. The molecule has 1 aliphatic carbocycles. The van der Waals surface area contributed by atoms with E-state index < -0.39 is 5.91 Å². The van der Waals surface area contributed by atoms with E-state index in [9.17, 15) is 9.59 Å². The number of nitrogens with one attached hydrogen (secondary N) is 2. The highest BCUT2D eigenvalue weighted by Gasteiger charge is 2.22. The number of nitrogens with zero attached hydrogens (tertiary/aromatic N) is 2. The van der Waals surface area contributed by atoms with Crippen molar-refractivity contribution in [2.24, 2.45) is 0 Å². The average Bonchev–Trinajstić information content (AvgIpc) is 3.36. The highest BCUT2D eigenvalue weighted by atomic mass is 16.2. The lowest BCUT2D eigenvalue weighted by molar-refractivity contribution is 0.102. The van der Waals surface area contributed by atoms with Gasteiger partial charge in [0.1, 0.15) is 11.2 Å². The van der Waals surface area contributed by atoms with Crippen LogP contribution in [-0.2, 0) is 19.4 Å². The van der Waals surface area contributed by atoms with Crippen LogP contribution in [-0.4, -0.2) is 21.5 Å². The van der Waals surface area contributed by atoms with Gasteiger partial charge >= 0.3 is 0 Å². The first-order chi connectivity index (χ1) is 18.6. The molecule has 2 heterocycles. The summed E-state index contributed by atoms with van der Waals surface area (Å²) in [5.41, 5.74) is 6.61. The Labute approximate surface area is 221 Å². The predicted octanol–water partition coefficient (Wildman–Crippen LogP) is 5.92. The van der Waals surface area contributed by atoms with Gasteiger partial charge in [0, 0.05) is 24.5 Å². The molecule has 5 aromatic rings. The van der Waals surface area contributed by atoms with Gasteiger partial charge in [-0.3, -0.25) is 9.59 Å². The molecule has 1 amide bonds. The second-order valence-electron chi connectivity index (χ2n) is 9.67. The van der Waals surface area contributed by atoms with E-state index in [1.165, 1.54) is 11.1 Å². The highest BCUT2D eigenvalue weighted by molar-refractivity contribution is 6.05. The molecule has 0 saturated carbocycles. The number of rotatable bonds is 6. The highest BCUT2D eigenvalue weighted by Crippen LogP contribution is 2.25. The van der Waals surface area contributed by atoms with Gasteiger partial charge < -0.3 is 15.2 Å². The minimum atomic E-state index is -0.434. The zero-order chi connectivity index (χ0) is 26.1. The van der Waals surface area contributed by atoms with Gasteiger partial charge in [0.2, 0.25) is 5.43 Å². The van der Waals surface area contributed by atoms with Crippen LogP contribution in [0.2, 0.25) is 0 Å². The molecule has 0 bridgehead atoms. The third kappa shape index (κ3) is 4.57. The molecule has 2 N–H and O–H groups in total. The first-order valence-electron chi connectivity index (χ1n) is 12.9. The monoisotopic (exact) mass is 500 g/mol. The molecule has 3 aromatic carbocycles. The van der Waals surface area contributed by atoms with Crippen LogP contribution in [0, 0.1) is 0 Å². The van der Waals surface area contributed by atoms with Crippen molar-refractivity contribution >= 4 is 28.3 Å². The van der Waals surface area contributed by atoms with Crippen LogP contribution in [0.1, 0.15) is 28.4 Å². The molecule has 0 radical (unpaired) electrons. The van der Waals surface area contributed by atoms with Gasteiger partial charge in [0.25, 0.3) is 5.91 Å². The molecule has 2 aromatic heterocycles. The molecule has 0 fully saturated rings.